The summed E-state index contributed by atoms with van der Waals surface area (Å²) in [6.45, 7) is 2.65. The number of amides is 2. The summed E-state index contributed by atoms with van der Waals surface area (Å²) in [5.74, 6) is -0.166. The average molecular weight is 494 g/mol. The van der Waals surface area contributed by atoms with E-state index in [4.69, 9.17) is 9.47 Å². The van der Waals surface area contributed by atoms with Gasteiger partial charge in [-0.2, -0.15) is 0 Å². The summed E-state index contributed by atoms with van der Waals surface area (Å²) in [7, 11) is 1.66. The number of carbonyl (C=O) groups is 2. The number of benzene rings is 1. The lowest BCUT2D eigenvalue weighted by molar-refractivity contribution is 0.0923. The molecular formula is C27H35N5O4. The number of nitrogens with one attached hydrogen (secondary N) is 3. The van der Waals surface area contributed by atoms with Crippen LogP contribution in [0.4, 0.5) is 4.79 Å². The zero-order valence-electron chi connectivity index (χ0n) is 21.0. The molecule has 5 rings (SSSR count). The minimum atomic E-state index is -0.382. The second kappa shape index (κ2) is 12.5. The molecule has 0 aliphatic heterocycles. The van der Waals surface area contributed by atoms with Gasteiger partial charge in [0, 0.05) is 31.0 Å². The van der Waals surface area contributed by atoms with Gasteiger partial charge >= 0.3 is 6.09 Å². The first-order valence-corrected chi connectivity index (χ1v) is 12.7. The number of nitrogens with zero attached hydrogens (tertiary/aromatic N) is 2. The molecule has 9 nitrogen and oxygen atoms in total. The summed E-state index contributed by atoms with van der Waals surface area (Å²) in [6, 6.07) is 8.08. The van der Waals surface area contributed by atoms with E-state index in [1.807, 2.05) is 24.3 Å². The molecule has 2 fully saturated rings. The zero-order valence-corrected chi connectivity index (χ0v) is 21.0. The Hall–Kier alpha value is -3.46. The van der Waals surface area contributed by atoms with Crippen molar-refractivity contribution in [2.45, 2.75) is 70.6 Å². The van der Waals surface area contributed by atoms with E-state index in [0.29, 0.717) is 24.3 Å². The summed E-state index contributed by atoms with van der Waals surface area (Å²) >= 11 is 0. The fourth-order valence-corrected chi connectivity index (χ4v) is 4.29. The standard InChI is InChI=1S/C24H29N5O4.C3H6/c1-3-33-24(31)29-18-9-7-17(8-10-18)28-23(30)19-12-25-22-20(26-14-27-21(19)22)16-6-4-5-15(11-16)13-32-2;1-2-3-1/h4-6,11-12,14,17-18,25H,3,7-10,13H2,1-2H3,(H,28,30)(H,29,31);1-3H2. The molecule has 0 radical (unpaired) electrons. The van der Waals surface area contributed by atoms with E-state index in [1.165, 1.54) is 25.6 Å². The van der Waals surface area contributed by atoms with Crippen LogP contribution in [0.2, 0.25) is 0 Å². The molecule has 2 aliphatic carbocycles. The minimum Gasteiger partial charge on any atom is -0.450 e. The molecule has 0 bridgehead atoms. The third kappa shape index (κ3) is 6.81. The Balaban J connectivity index is 0.000000943. The van der Waals surface area contributed by atoms with Gasteiger partial charge in [0.25, 0.3) is 5.91 Å². The number of carbonyl (C=O) groups excluding carboxylic acids is 2. The second-order valence-electron chi connectivity index (χ2n) is 9.23. The summed E-state index contributed by atoms with van der Waals surface area (Å²) in [6.07, 6.45) is 10.5. The lowest BCUT2D eigenvalue weighted by Crippen LogP contribution is -2.43. The van der Waals surface area contributed by atoms with Crippen molar-refractivity contribution in [1.82, 2.24) is 25.6 Å². The van der Waals surface area contributed by atoms with E-state index in [0.717, 1.165) is 48.0 Å². The molecular weight excluding hydrogens is 458 g/mol. The number of aromatic nitrogens is 3. The molecule has 9 heteroatoms. The Morgan fingerprint density at radius 2 is 1.78 bits per heavy atom. The van der Waals surface area contributed by atoms with Crippen molar-refractivity contribution >= 4 is 23.0 Å². The molecule has 36 heavy (non-hydrogen) atoms. The number of hydrogen-bond acceptors (Lipinski definition) is 6. The van der Waals surface area contributed by atoms with Crippen LogP contribution in [0.15, 0.2) is 36.8 Å². The van der Waals surface area contributed by atoms with Gasteiger partial charge in [-0.25, -0.2) is 14.8 Å². The number of hydrogen-bond donors (Lipinski definition) is 3. The first kappa shape index (κ1) is 25.6. The van der Waals surface area contributed by atoms with Gasteiger partial charge in [-0.15, -0.1) is 0 Å². The maximum atomic E-state index is 13.0. The topological polar surface area (TPSA) is 118 Å². The lowest BCUT2D eigenvalue weighted by atomic mass is 9.91. The fourth-order valence-electron chi connectivity index (χ4n) is 4.29. The summed E-state index contributed by atoms with van der Waals surface area (Å²) in [5.41, 5.74) is 4.51. The van der Waals surface area contributed by atoms with Gasteiger partial charge in [-0.1, -0.05) is 37.5 Å². The van der Waals surface area contributed by atoms with E-state index in [-0.39, 0.29) is 24.1 Å². The molecule has 2 saturated carbocycles. The Morgan fingerprint density at radius 3 is 2.44 bits per heavy atom. The molecule has 0 atom stereocenters. The van der Waals surface area contributed by atoms with Crippen molar-refractivity contribution in [3.05, 3.63) is 47.9 Å². The maximum Gasteiger partial charge on any atom is 0.407 e. The quantitative estimate of drug-likeness (QED) is 0.438. The second-order valence-corrected chi connectivity index (χ2v) is 9.23. The largest absolute Gasteiger partial charge is 0.450 e. The molecule has 3 N–H and O–H groups in total. The molecule has 0 unspecified atom stereocenters. The molecule has 3 aromatic rings. The number of H-pyrrole nitrogens is 1. The highest BCUT2D eigenvalue weighted by Gasteiger charge is 2.25. The van der Waals surface area contributed by atoms with Crippen LogP contribution >= 0.6 is 0 Å². The first-order valence-electron chi connectivity index (χ1n) is 12.7. The van der Waals surface area contributed by atoms with E-state index < -0.39 is 0 Å². The maximum absolute atomic E-state index is 13.0. The van der Waals surface area contributed by atoms with Crippen molar-refractivity contribution in [2.24, 2.45) is 0 Å². The predicted molar refractivity (Wildman–Crippen MR) is 138 cm³/mol. The van der Waals surface area contributed by atoms with E-state index in [2.05, 4.69) is 25.6 Å². The van der Waals surface area contributed by atoms with Gasteiger partial charge in [-0.05, 0) is 44.2 Å². The van der Waals surface area contributed by atoms with Crippen molar-refractivity contribution < 1.29 is 19.1 Å². The van der Waals surface area contributed by atoms with E-state index in [1.54, 1.807) is 20.2 Å². The van der Waals surface area contributed by atoms with Crippen molar-refractivity contribution in [1.29, 1.82) is 0 Å². The molecule has 2 aliphatic rings. The van der Waals surface area contributed by atoms with Crippen LogP contribution in [0.25, 0.3) is 22.3 Å². The molecule has 2 aromatic heterocycles. The first-order chi connectivity index (χ1) is 17.6. The molecule has 2 amide bonds. The predicted octanol–water partition coefficient (Wildman–Crippen LogP) is 4.73. The van der Waals surface area contributed by atoms with Crippen LogP contribution in [0.5, 0.6) is 0 Å². The molecule has 192 valence electrons. The van der Waals surface area contributed by atoms with Gasteiger partial charge in [-0.3, -0.25) is 4.79 Å². The highest BCUT2D eigenvalue weighted by Crippen LogP contribution is 2.27. The molecule has 0 spiro atoms. The Labute approximate surface area is 211 Å². The number of alkyl carbamates (subject to hydrolysis) is 1. The van der Waals surface area contributed by atoms with E-state index in [9.17, 15) is 9.59 Å². The van der Waals surface area contributed by atoms with Crippen LogP contribution in [0.1, 0.15) is 67.8 Å². The van der Waals surface area contributed by atoms with Crippen molar-refractivity contribution in [3.8, 4) is 11.3 Å². The smallest absolute Gasteiger partial charge is 0.407 e. The number of ether oxygens (including phenoxy) is 2. The number of methoxy groups -OCH3 is 1. The van der Waals surface area contributed by atoms with Crippen LogP contribution in [0.3, 0.4) is 0 Å². The van der Waals surface area contributed by atoms with Gasteiger partial charge in [0.2, 0.25) is 0 Å². The normalized spacial score (nSPS) is 18.6. The van der Waals surface area contributed by atoms with Gasteiger partial charge < -0.3 is 25.1 Å². The van der Waals surface area contributed by atoms with Crippen LogP contribution in [-0.4, -0.2) is 52.8 Å². The third-order valence-electron chi connectivity index (χ3n) is 6.23. The zero-order chi connectivity index (χ0) is 25.3. The third-order valence-corrected chi connectivity index (χ3v) is 6.23. The summed E-state index contributed by atoms with van der Waals surface area (Å²) < 4.78 is 10.2. The molecule has 0 saturated heterocycles. The van der Waals surface area contributed by atoms with E-state index >= 15 is 0 Å². The lowest BCUT2D eigenvalue weighted by Gasteiger charge is -2.29. The Bertz CT molecular complexity index is 1170. The highest BCUT2D eigenvalue weighted by atomic mass is 16.5. The van der Waals surface area contributed by atoms with Crippen LogP contribution in [-0.2, 0) is 16.1 Å². The monoisotopic (exact) mass is 493 g/mol. The summed E-state index contributed by atoms with van der Waals surface area (Å²) in [4.78, 5) is 36.6. The SMILES string of the molecule is C1CC1.CCOC(=O)NC1CCC(NC(=O)c2c[nH]c3c(-c4cccc(COC)c4)ncnc23)CC1. The fraction of sp³-hybridized carbons (Fsp3) is 0.481. The Morgan fingerprint density at radius 1 is 1.06 bits per heavy atom. The van der Waals surface area contributed by atoms with Gasteiger partial charge in [0.05, 0.1) is 30.0 Å². The summed E-state index contributed by atoms with van der Waals surface area (Å²) in [5, 5.41) is 5.99. The Kier molecular flexibility index (Phi) is 8.89. The number of rotatable bonds is 7. The average Bonchev–Trinajstić information content (AvgIpc) is 3.71. The van der Waals surface area contributed by atoms with Crippen molar-refractivity contribution in [3.63, 3.8) is 0 Å². The highest BCUT2D eigenvalue weighted by molar-refractivity contribution is 6.07. The minimum absolute atomic E-state index is 0.0507. The van der Waals surface area contributed by atoms with Crippen LogP contribution in [0, 0.1) is 0 Å². The molecule has 1 aromatic carbocycles. The van der Waals surface area contributed by atoms with Gasteiger partial charge in [0.1, 0.15) is 11.8 Å². The van der Waals surface area contributed by atoms with Gasteiger partial charge in [0.15, 0.2) is 0 Å². The van der Waals surface area contributed by atoms with Crippen molar-refractivity contribution in [2.75, 3.05) is 13.7 Å². The van der Waals surface area contributed by atoms with Crippen LogP contribution < -0.4 is 10.6 Å². The number of aromatic amines is 1. The molecule has 2 heterocycles. The number of fused-ring (bicyclic) bond motifs is 1.